The van der Waals surface area contributed by atoms with E-state index in [1.807, 2.05) is 13.8 Å². The molecule has 0 aliphatic heterocycles. The molecule has 0 aromatic carbocycles. The minimum Gasteiger partial charge on any atom is -0.465 e. The summed E-state index contributed by atoms with van der Waals surface area (Å²) in [5, 5.41) is 3.05. The summed E-state index contributed by atoms with van der Waals surface area (Å²) in [6.07, 6.45) is 38.0. The van der Waals surface area contributed by atoms with Gasteiger partial charge in [-0.15, -0.1) is 0 Å². The van der Waals surface area contributed by atoms with E-state index < -0.39 is 5.41 Å². The van der Waals surface area contributed by atoms with Crippen LogP contribution in [0.15, 0.2) is 0 Å². The molecule has 0 rings (SSSR count). The number of rotatable bonds is 34. The molecule has 0 saturated heterocycles. The molecule has 256 valence electrons. The fraction of sp³-hybridized carbons (Fsp3) is 0.949. The van der Waals surface area contributed by atoms with Gasteiger partial charge in [0, 0.05) is 13.0 Å². The summed E-state index contributed by atoms with van der Waals surface area (Å²) in [6.45, 7) is 9.67. The Bertz CT molecular complexity index is 603. The molecule has 0 unspecified atom stereocenters. The molecule has 4 heteroatoms. The van der Waals surface area contributed by atoms with Crippen molar-refractivity contribution in [2.45, 2.75) is 220 Å². The number of ether oxygens (including phenoxy) is 1. The van der Waals surface area contributed by atoms with Crippen LogP contribution in [0.4, 0.5) is 0 Å². The van der Waals surface area contributed by atoms with Crippen LogP contribution in [-0.4, -0.2) is 25.0 Å². The van der Waals surface area contributed by atoms with Gasteiger partial charge in [-0.1, -0.05) is 174 Å². The Morgan fingerprint density at radius 1 is 0.488 bits per heavy atom. The summed E-state index contributed by atoms with van der Waals surface area (Å²) >= 11 is 0. The largest absolute Gasteiger partial charge is 0.465 e. The maximum Gasteiger partial charge on any atom is 0.311 e. The number of carbonyl (C=O) groups is 2. The van der Waals surface area contributed by atoms with Gasteiger partial charge >= 0.3 is 5.97 Å². The molecule has 0 saturated carbocycles. The third-order valence-electron chi connectivity index (χ3n) is 9.09. The molecule has 0 spiro atoms. The monoisotopic (exact) mass is 608 g/mol. The van der Waals surface area contributed by atoms with Crippen LogP contribution in [0.3, 0.4) is 0 Å². The molecule has 0 aromatic heterocycles. The Labute approximate surface area is 270 Å². The molecule has 4 nitrogen and oxygen atoms in total. The lowest BCUT2D eigenvalue weighted by Gasteiger charge is -2.22. The number of hydrogen-bond donors (Lipinski definition) is 1. The van der Waals surface area contributed by atoms with E-state index in [0.29, 0.717) is 19.6 Å². The molecule has 0 atom stereocenters. The number of esters is 1. The van der Waals surface area contributed by atoms with Crippen LogP contribution in [0.2, 0.25) is 0 Å². The first-order valence-electron chi connectivity index (χ1n) is 19.4. The predicted octanol–water partition coefficient (Wildman–Crippen LogP) is 12.4. The third-order valence-corrected chi connectivity index (χ3v) is 9.09. The van der Waals surface area contributed by atoms with Gasteiger partial charge in [-0.05, 0) is 39.5 Å². The second-order valence-corrected chi connectivity index (χ2v) is 14.1. The van der Waals surface area contributed by atoms with Crippen molar-refractivity contribution >= 4 is 11.9 Å². The normalized spacial score (nSPS) is 11.6. The van der Waals surface area contributed by atoms with Crippen molar-refractivity contribution < 1.29 is 14.3 Å². The van der Waals surface area contributed by atoms with Crippen LogP contribution in [-0.2, 0) is 14.3 Å². The third kappa shape index (κ3) is 30.7. The fourth-order valence-electron chi connectivity index (χ4n) is 5.91. The Morgan fingerprint density at radius 3 is 1.23 bits per heavy atom. The quantitative estimate of drug-likeness (QED) is 0.0584. The zero-order chi connectivity index (χ0) is 31.7. The minimum absolute atomic E-state index is 0.0975. The molecule has 0 aromatic rings. The smallest absolute Gasteiger partial charge is 0.311 e. The number of amides is 1. The Morgan fingerprint density at radius 2 is 0.837 bits per heavy atom. The lowest BCUT2D eigenvalue weighted by Crippen LogP contribution is -2.29. The predicted molar refractivity (Wildman–Crippen MR) is 188 cm³/mol. The van der Waals surface area contributed by atoms with Gasteiger partial charge in [0.1, 0.15) is 0 Å². The van der Waals surface area contributed by atoms with E-state index in [2.05, 4.69) is 19.2 Å². The van der Waals surface area contributed by atoms with E-state index in [1.165, 1.54) is 148 Å². The van der Waals surface area contributed by atoms with Gasteiger partial charge in [0.25, 0.3) is 0 Å². The number of nitrogens with one attached hydrogen (secondary N) is 1. The van der Waals surface area contributed by atoms with Crippen LogP contribution >= 0.6 is 0 Å². The van der Waals surface area contributed by atoms with Crippen LogP contribution in [0.1, 0.15) is 220 Å². The van der Waals surface area contributed by atoms with Crippen LogP contribution in [0.5, 0.6) is 0 Å². The second kappa shape index (κ2) is 32.3. The van der Waals surface area contributed by atoms with Gasteiger partial charge in [0.2, 0.25) is 5.91 Å². The lowest BCUT2D eigenvalue weighted by atomic mass is 9.88. The average Bonchev–Trinajstić information content (AvgIpc) is 2.99. The van der Waals surface area contributed by atoms with Gasteiger partial charge in [-0.2, -0.15) is 0 Å². The van der Waals surface area contributed by atoms with Gasteiger partial charge in [0.05, 0.1) is 12.0 Å². The highest BCUT2D eigenvalue weighted by Gasteiger charge is 2.28. The average molecular weight is 608 g/mol. The first kappa shape index (κ1) is 41.9. The highest BCUT2D eigenvalue weighted by molar-refractivity contribution is 5.76. The summed E-state index contributed by atoms with van der Waals surface area (Å²) in [6, 6.07) is 0. The molecule has 0 bridgehead atoms. The number of carbonyl (C=O) groups excluding carboxylic acids is 2. The summed E-state index contributed by atoms with van der Waals surface area (Å²) in [7, 11) is 0. The molecule has 0 aliphatic rings. The molecule has 1 N–H and O–H groups in total. The van der Waals surface area contributed by atoms with E-state index >= 15 is 0 Å². The van der Waals surface area contributed by atoms with Crippen LogP contribution < -0.4 is 5.32 Å². The zero-order valence-corrected chi connectivity index (χ0v) is 29.9. The molecular weight excluding hydrogens is 530 g/mol. The molecule has 0 radical (unpaired) electrons. The van der Waals surface area contributed by atoms with Crippen molar-refractivity contribution in [2.24, 2.45) is 5.41 Å². The first-order valence-corrected chi connectivity index (χ1v) is 19.4. The summed E-state index contributed by atoms with van der Waals surface area (Å²) in [4.78, 5) is 24.7. The van der Waals surface area contributed by atoms with E-state index in [4.69, 9.17) is 4.74 Å². The van der Waals surface area contributed by atoms with Gasteiger partial charge in [-0.3, -0.25) is 9.59 Å². The highest BCUT2D eigenvalue weighted by atomic mass is 16.5. The van der Waals surface area contributed by atoms with Crippen molar-refractivity contribution in [3.05, 3.63) is 0 Å². The van der Waals surface area contributed by atoms with E-state index in [0.717, 1.165) is 38.5 Å². The Balaban J connectivity index is 3.50. The molecule has 43 heavy (non-hydrogen) atoms. The molecule has 0 heterocycles. The maximum atomic E-state index is 12.6. The lowest BCUT2D eigenvalue weighted by molar-refractivity contribution is -0.154. The standard InChI is InChI=1S/C39H77NO3/c1-5-7-9-11-13-15-17-19-20-21-22-24-26-28-30-33-37(41)40-35-32-34-39(3,4)38(42)43-36-31-29-27-25-23-18-16-14-12-10-8-6-2/h5-36H2,1-4H3,(H,40,41). The van der Waals surface area contributed by atoms with Crippen LogP contribution in [0.25, 0.3) is 0 Å². The summed E-state index contributed by atoms with van der Waals surface area (Å²) < 4.78 is 5.59. The zero-order valence-electron chi connectivity index (χ0n) is 29.9. The highest BCUT2D eigenvalue weighted by Crippen LogP contribution is 2.24. The van der Waals surface area contributed by atoms with Crippen molar-refractivity contribution in [3.63, 3.8) is 0 Å². The summed E-state index contributed by atoms with van der Waals surface area (Å²) in [5.41, 5.74) is -0.490. The summed E-state index contributed by atoms with van der Waals surface area (Å²) in [5.74, 6) is 0.0572. The van der Waals surface area contributed by atoms with Crippen LogP contribution in [0, 0.1) is 5.41 Å². The molecule has 0 fully saturated rings. The van der Waals surface area contributed by atoms with E-state index in [1.54, 1.807) is 0 Å². The van der Waals surface area contributed by atoms with Crippen molar-refractivity contribution in [1.29, 1.82) is 0 Å². The van der Waals surface area contributed by atoms with Gasteiger partial charge in [0.15, 0.2) is 0 Å². The molecule has 0 aliphatic carbocycles. The Hall–Kier alpha value is -1.06. The van der Waals surface area contributed by atoms with Crippen molar-refractivity contribution in [3.8, 4) is 0 Å². The maximum absolute atomic E-state index is 12.6. The number of hydrogen-bond acceptors (Lipinski definition) is 3. The van der Waals surface area contributed by atoms with Crippen molar-refractivity contribution in [2.75, 3.05) is 13.2 Å². The first-order chi connectivity index (χ1) is 20.9. The molecular formula is C39H77NO3. The second-order valence-electron chi connectivity index (χ2n) is 14.1. The van der Waals surface area contributed by atoms with Gasteiger partial charge < -0.3 is 10.1 Å². The van der Waals surface area contributed by atoms with E-state index in [-0.39, 0.29) is 11.9 Å². The topological polar surface area (TPSA) is 55.4 Å². The van der Waals surface area contributed by atoms with E-state index in [9.17, 15) is 9.59 Å². The SMILES string of the molecule is CCCCCCCCCCCCCCCCCC(=O)NCCCC(C)(C)C(=O)OCCCCCCCCCCCCCC. The van der Waals surface area contributed by atoms with Crippen molar-refractivity contribution in [1.82, 2.24) is 5.32 Å². The Kier molecular flexibility index (Phi) is 31.5. The number of unbranched alkanes of at least 4 members (excludes halogenated alkanes) is 25. The molecule has 1 amide bonds. The minimum atomic E-state index is -0.490. The fourth-order valence-corrected chi connectivity index (χ4v) is 5.91. The van der Waals surface area contributed by atoms with Gasteiger partial charge in [-0.25, -0.2) is 0 Å².